The minimum atomic E-state index is -0.246. The van der Waals surface area contributed by atoms with Crippen LogP contribution in [-0.4, -0.2) is 14.2 Å². The fourth-order valence-electron chi connectivity index (χ4n) is 1.79. The van der Waals surface area contributed by atoms with Gasteiger partial charge in [0, 0.05) is 17.8 Å². The summed E-state index contributed by atoms with van der Waals surface area (Å²) in [5.74, 6) is 1.32. The van der Waals surface area contributed by atoms with E-state index in [1.54, 1.807) is 26.4 Å². The third kappa shape index (κ3) is 3.37. The van der Waals surface area contributed by atoms with Crippen LogP contribution in [0.3, 0.4) is 0 Å². The van der Waals surface area contributed by atoms with Crippen LogP contribution in [0.2, 0.25) is 0 Å². The van der Waals surface area contributed by atoms with E-state index >= 15 is 0 Å². The zero-order valence-electron chi connectivity index (χ0n) is 10.9. The SMILES string of the molecule is COc1ccc(OC)c(CNc2ccc(F)cc2)c1. The number of halogens is 1. The second-order valence-corrected chi connectivity index (χ2v) is 4.04. The maximum absolute atomic E-state index is 12.8. The van der Waals surface area contributed by atoms with Crippen molar-refractivity contribution in [3.63, 3.8) is 0 Å². The minimum absolute atomic E-state index is 0.246. The van der Waals surface area contributed by atoms with E-state index in [9.17, 15) is 4.39 Å². The van der Waals surface area contributed by atoms with Gasteiger partial charge in [0.1, 0.15) is 17.3 Å². The lowest BCUT2D eigenvalue weighted by molar-refractivity contribution is 0.399. The highest BCUT2D eigenvalue weighted by molar-refractivity contribution is 5.47. The van der Waals surface area contributed by atoms with E-state index in [1.165, 1.54) is 12.1 Å². The minimum Gasteiger partial charge on any atom is -0.497 e. The van der Waals surface area contributed by atoms with Crippen molar-refractivity contribution < 1.29 is 13.9 Å². The summed E-state index contributed by atoms with van der Waals surface area (Å²) in [6, 6.07) is 11.9. The van der Waals surface area contributed by atoms with Crippen LogP contribution in [0.4, 0.5) is 10.1 Å². The fraction of sp³-hybridized carbons (Fsp3) is 0.200. The normalized spacial score (nSPS) is 10.1. The van der Waals surface area contributed by atoms with Gasteiger partial charge in [-0.3, -0.25) is 0 Å². The van der Waals surface area contributed by atoms with Crippen molar-refractivity contribution in [2.75, 3.05) is 19.5 Å². The predicted molar refractivity (Wildman–Crippen MR) is 73.3 cm³/mol. The molecule has 0 heterocycles. The van der Waals surface area contributed by atoms with Crippen LogP contribution >= 0.6 is 0 Å². The lowest BCUT2D eigenvalue weighted by atomic mass is 10.2. The Morgan fingerprint density at radius 1 is 1.00 bits per heavy atom. The van der Waals surface area contributed by atoms with E-state index in [-0.39, 0.29) is 5.82 Å². The van der Waals surface area contributed by atoms with Crippen molar-refractivity contribution in [2.45, 2.75) is 6.54 Å². The average molecular weight is 261 g/mol. The summed E-state index contributed by atoms with van der Waals surface area (Å²) >= 11 is 0. The Morgan fingerprint density at radius 2 is 1.74 bits per heavy atom. The van der Waals surface area contributed by atoms with E-state index in [1.807, 2.05) is 18.2 Å². The number of ether oxygens (including phenoxy) is 2. The van der Waals surface area contributed by atoms with Crippen LogP contribution in [0.25, 0.3) is 0 Å². The fourth-order valence-corrected chi connectivity index (χ4v) is 1.79. The number of anilines is 1. The first kappa shape index (κ1) is 13.2. The van der Waals surface area contributed by atoms with E-state index in [2.05, 4.69) is 5.32 Å². The van der Waals surface area contributed by atoms with Gasteiger partial charge in [-0.05, 0) is 42.5 Å². The van der Waals surface area contributed by atoms with Crippen molar-refractivity contribution in [2.24, 2.45) is 0 Å². The van der Waals surface area contributed by atoms with Gasteiger partial charge in [-0.15, -0.1) is 0 Å². The zero-order valence-corrected chi connectivity index (χ0v) is 10.9. The summed E-state index contributed by atoms with van der Waals surface area (Å²) in [4.78, 5) is 0. The van der Waals surface area contributed by atoms with Gasteiger partial charge in [-0.2, -0.15) is 0 Å². The molecule has 19 heavy (non-hydrogen) atoms. The van der Waals surface area contributed by atoms with E-state index in [4.69, 9.17) is 9.47 Å². The van der Waals surface area contributed by atoms with Gasteiger partial charge >= 0.3 is 0 Å². The second-order valence-electron chi connectivity index (χ2n) is 4.04. The monoisotopic (exact) mass is 261 g/mol. The van der Waals surface area contributed by atoms with Gasteiger partial charge < -0.3 is 14.8 Å². The summed E-state index contributed by atoms with van der Waals surface area (Å²) in [7, 11) is 3.25. The Kier molecular flexibility index (Phi) is 4.23. The molecule has 2 rings (SSSR count). The van der Waals surface area contributed by atoms with Crippen molar-refractivity contribution in [1.29, 1.82) is 0 Å². The molecule has 0 aliphatic heterocycles. The molecule has 0 aromatic heterocycles. The average Bonchev–Trinajstić information content (AvgIpc) is 2.46. The Labute approximate surface area is 112 Å². The molecule has 4 heteroatoms. The molecular formula is C15H16FNO2. The van der Waals surface area contributed by atoms with Crippen LogP contribution in [-0.2, 0) is 6.54 Å². The molecular weight excluding hydrogens is 245 g/mol. The van der Waals surface area contributed by atoms with Crippen LogP contribution in [0.15, 0.2) is 42.5 Å². The first-order valence-corrected chi connectivity index (χ1v) is 5.93. The van der Waals surface area contributed by atoms with Crippen LogP contribution in [0, 0.1) is 5.82 Å². The maximum Gasteiger partial charge on any atom is 0.124 e. The predicted octanol–water partition coefficient (Wildman–Crippen LogP) is 3.46. The number of hydrogen-bond acceptors (Lipinski definition) is 3. The Bertz CT molecular complexity index is 540. The lowest BCUT2D eigenvalue weighted by Crippen LogP contribution is -2.02. The number of methoxy groups -OCH3 is 2. The van der Waals surface area contributed by atoms with Crippen LogP contribution < -0.4 is 14.8 Å². The molecule has 0 aliphatic rings. The summed E-state index contributed by atoms with van der Waals surface area (Å²) in [6.07, 6.45) is 0. The molecule has 0 radical (unpaired) electrons. The highest BCUT2D eigenvalue weighted by Gasteiger charge is 2.05. The molecule has 0 saturated heterocycles. The second kappa shape index (κ2) is 6.09. The molecule has 2 aromatic rings. The highest BCUT2D eigenvalue weighted by atomic mass is 19.1. The molecule has 0 amide bonds. The molecule has 2 aromatic carbocycles. The van der Waals surface area contributed by atoms with Crippen molar-refractivity contribution >= 4 is 5.69 Å². The topological polar surface area (TPSA) is 30.5 Å². The van der Waals surface area contributed by atoms with Gasteiger partial charge in [0.05, 0.1) is 14.2 Å². The molecule has 0 bridgehead atoms. The summed E-state index contributed by atoms with van der Waals surface area (Å²) in [6.45, 7) is 0.575. The molecule has 3 nitrogen and oxygen atoms in total. The smallest absolute Gasteiger partial charge is 0.124 e. The molecule has 100 valence electrons. The largest absolute Gasteiger partial charge is 0.497 e. The standard InChI is InChI=1S/C15H16FNO2/c1-18-14-7-8-15(19-2)11(9-14)10-17-13-5-3-12(16)4-6-13/h3-9,17H,10H2,1-2H3. The summed E-state index contributed by atoms with van der Waals surface area (Å²) < 4.78 is 23.3. The van der Waals surface area contributed by atoms with Gasteiger partial charge in [0.25, 0.3) is 0 Å². The Balaban J connectivity index is 2.11. The molecule has 0 aliphatic carbocycles. The third-order valence-corrected chi connectivity index (χ3v) is 2.81. The zero-order chi connectivity index (χ0) is 13.7. The number of hydrogen-bond donors (Lipinski definition) is 1. The first-order valence-electron chi connectivity index (χ1n) is 5.93. The molecule has 0 atom stereocenters. The quantitative estimate of drug-likeness (QED) is 0.894. The maximum atomic E-state index is 12.8. The third-order valence-electron chi connectivity index (χ3n) is 2.81. The highest BCUT2D eigenvalue weighted by Crippen LogP contribution is 2.24. The van der Waals surface area contributed by atoms with Crippen molar-refractivity contribution in [3.05, 3.63) is 53.8 Å². The molecule has 0 spiro atoms. The lowest BCUT2D eigenvalue weighted by Gasteiger charge is -2.12. The molecule has 1 N–H and O–H groups in total. The number of rotatable bonds is 5. The van der Waals surface area contributed by atoms with Crippen LogP contribution in [0.1, 0.15) is 5.56 Å². The Hall–Kier alpha value is -2.23. The van der Waals surface area contributed by atoms with Gasteiger partial charge in [-0.25, -0.2) is 4.39 Å². The van der Waals surface area contributed by atoms with E-state index in [0.717, 1.165) is 22.7 Å². The number of benzene rings is 2. The number of nitrogens with one attached hydrogen (secondary N) is 1. The molecule has 0 saturated carbocycles. The van der Waals surface area contributed by atoms with Crippen molar-refractivity contribution in [1.82, 2.24) is 0 Å². The van der Waals surface area contributed by atoms with Crippen molar-refractivity contribution in [3.8, 4) is 11.5 Å². The van der Waals surface area contributed by atoms with Gasteiger partial charge in [0.15, 0.2) is 0 Å². The summed E-state index contributed by atoms with van der Waals surface area (Å²) in [5.41, 5.74) is 1.83. The van der Waals surface area contributed by atoms with Gasteiger partial charge in [-0.1, -0.05) is 0 Å². The van der Waals surface area contributed by atoms with Crippen LogP contribution in [0.5, 0.6) is 11.5 Å². The summed E-state index contributed by atoms with van der Waals surface area (Å²) in [5, 5.41) is 3.21. The Morgan fingerprint density at radius 3 is 2.37 bits per heavy atom. The van der Waals surface area contributed by atoms with E-state index in [0.29, 0.717) is 6.54 Å². The molecule has 0 unspecified atom stereocenters. The molecule has 0 fully saturated rings. The van der Waals surface area contributed by atoms with Gasteiger partial charge in [0.2, 0.25) is 0 Å². The van der Waals surface area contributed by atoms with E-state index < -0.39 is 0 Å². The first-order chi connectivity index (χ1) is 9.22.